The summed E-state index contributed by atoms with van der Waals surface area (Å²) in [6.45, 7) is 1.92. The summed E-state index contributed by atoms with van der Waals surface area (Å²) < 4.78 is 39.9. The second-order valence-corrected chi connectivity index (χ2v) is 11.6. The Kier molecular flexibility index (Phi) is 10.9. The summed E-state index contributed by atoms with van der Waals surface area (Å²) >= 11 is 6.20. The lowest BCUT2D eigenvalue weighted by Gasteiger charge is -2.33. The minimum atomic E-state index is -3.92. The van der Waals surface area contributed by atoms with Gasteiger partial charge in [-0.3, -0.25) is 13.9 Å². The van der Waals surface area contributed by atoms with Crippen LogP contribution in [0.5, 0.6) is 0 Å². The number of carbonyl (C=O) groups is 2. The first-order chi connectivity index (χ1) is 18.6. The maximum atomic E-state index is 13.9. The Labute approximate surface area is 234 Å². The molecule has 0 aliphatic rings. The molecule has 208 valence electrons. The lowest BCUT2D eigenvalue weighted by molar-refractivity contribution is -0.140. The molecule has 0 unspecified atom stereocenters. The monoisotopic (exact) mass is 573 g/mol. The summed E-state index contributed by atoms with van der Waals surface area (Å²) in [4.78, 5) is 28.8. The molecule has 0 aromatic heterocycles. The molecule has 0 heterocycles. The molecule has 2 amide bonds. The fraction of sp³-hybridized carbons (Fsp3) is 0.310. The SMILES string of the molecule is CCCCNC(=O)[C@H](Cc1ccccc1)N(Cc1cccc(Cl)c1)C(=O)CN(c1ccc(F)cc1)S(C)(=O)=O. The highest BCUT2D eigenvalue weighted by Gasteiger charge is 2.33. The number of unbranched alkanes of at least 4 members (excludes halogenated alkanes) is 1. The van der Waals surface area contributed by atoms with Crippen molar-refractivity contribution in [3.05, 3.63) is 101 Å². The number of anilines is 1. The summed E-state index contributed by atoms with van der Waals surface area (Å²) in [7, 11) is -3.92. The maximum absolute atomic E-state index is 13.9. The Morgan fingerprint density at radius 3 is 2.26 bits per heavy atom. The van der Waals surface area contributed by atoms with Gasteiger partial charge in [0, 0.05) is 24.5 Å². The minimum absolute atomic E-state index is 0.0269. The number of amides is 2. The molecule has 0 saturated heterocycles. The number of nitrogens with one attached hydrogen (secondary N) is 1. The van der Waals surface area contributed by atoms with Gasteiger partial charge >= 0.3 is 0 Å². The first-order valence-electron chi connectivity index (χ1n) is 12.7. The number of rotatable bonds is 13. The third kappa shape index (κ3) is 9.07. The van der Waals surface area contributed by atoms with Gasteiger partial charge in [0.1, 0.15) is 18.4 Å². The van der Waals surface area contributed by atoms with E-state index in [1.165, 1.54) is 17.0 Å². The van der Waals surface area contributed by atoms with Crippen LogP contribution in [0.1, 0.15) is 30.9 Å². The number of hydrogen-bond acceptors (Lipinski definition) is 4. The van der Waals surface area contributed by atoms with Crippen molar-refractivity contribution in [2.75, 3.05) is 23.7 Å². The van der Waals surface area contributed by atoms with E-state index in [0.29, 0.717) is 17.1 Å². The second kappa shape index (κ2) is 14.1. The highest BCUT2D eigenvalue weighted by molar-refractivity contribution is 7.92. The summed E-state index contributed by atoms with van der Waals surface area (Å²) in [5.74, 6) is -1.46. The molecule has 0 aliphatic heterocycles. The number of carbonyl (C=O) groups excluding carboxylic acids is 2. The van der Waals surface area contributed by atoms with Gasteiger partial charge in [-0.25, -0.2) is 12.8 Å². The fourth-order valence-electron chi connectivity index (χ4n) is 4.11. The molecule has 0 aliphatic carbocycles. The Balaban J connectivity index is 2.02. The van der Waals surface area contributed by atoms with Crippen LogP contribution >= 0.6 is 11.6 Å². The van der Waals surface area contributed by atoms with Gasteiger partial charge in [0.15, 0.2) is 0 Å². The van der Waals surface area contributed by atoms with Gasteiger partial charge in [-0.05, 0) is 53.9 Å². The van der Waals surface area contributed by atoms with Crippen molar-refractivity contribution in [2.45, 2.75) is 38.8 Å². The first kappa shape index (κ1) is 30.1. The van der Waals surface area contributed by atoms with Gasteiger partial charge in [0.2, 0.25) is 21.8 Å². The van der Waals surface area contributed by atoms with E-state index in [1.807, 2.05) is 37.3 Å². The zero-order valence-corrected chi connectivity index (χ0v) is 23.6. The van der Waals surface area contributed by atoms with Crippen LogP contribution < -0.4 is 9.62 Å². The minimum Gasteiger partial charge on any atom is -0.354 e. The van der Waals surface area contributed by atoms with Crippen LogP contribution in [0, 0.1) is 5.82 Å². The predicted octanol–water partition coefficient (Wildman–Crippen LogP) is 4.80. The molecule has 3 aromatic rings. The standard InChI is InChI=1S/C29H33ClFN3O4S/c1-3-4-17-32-29(36)27(19-22-9-6-5-7-10-22)33(20-23-11-8-12-24(30)18-23)28(35)21-34(39(2,37)38)26-15-13-25(31)14-16-26/h5-16,18,27H,3-4,17,19-21H2,1-2H3,(H,32,36)/t27-/m0/s1. The van der Waals surface area contributed by atoms with Crippen molar-refractivity contribution in [2.24, 2.45) is 0 Å². The highest BCUT2D eigenvalue weighted by Crippen LogP contribution is 2.21. The van der Waals surface area contributed by atoms with Crippen LogP contribution in [0.3, 0.4) is 0 Å². The third-order valence-corrected chi connectivity index (χ3v) is 7.51. The molecule has 0 saturated carbocycles. The van der Waals surface area contributed by atoms with E-state index in [1.54, 1.807) is 24.3 Å². The molecule has 0 radical (unpaired) electrons. The van der Waals surface area contributed by atoms with Crippen LogP contribution in [0.2, 0.25) is 5.02 Å². The Morgan fingerprint density at radius 1 is 0.974 bits per heavy atom. The average molecular weight is 574 g/mol. The number of sulfonamides is 1. The summed E-state index contributed by atoms with van der Waals surface area (Å²) in [5.41, 5.74) is 1.67. The second-order valence-electron chi connectivity index (χ2n) is 9.25. The predicted molar refractivity (Wildman–Crippen MR) is 152 cm³/mol. The fourth-order valence-corrected chi connectivity index (χ4v) is 5.18. The van der Waals surface area contributed by atoms with Crippen LogP contribution in [0.25, 0.3) is 0 Å². The molecule has 0 fully saturated rings. The third-order valence-electron chi connectivity index (χ3n) is 6.14. The van der Waals surface area contributed by atoms with Crippen LogP contribution in [0.4, 0.5) is 10.1 Å². The molecule has 7 nitrogen and oxygen atoms in total. The normalized spacial score (nSPS) is 12.0. The molecule has 3 rings (SSSR count). The van der Waals surface area contributed by atoms with Crippen LogP contribution in [0.15, 0.2) is 78.9 Å². The average Bonchev–Trinajstić information content (AvgIpc) is 2.90. The van der Waals surface area contributed by atoms with Crippen molar-refractivity contribution in [1.82, 2.24) is 10.2 Å². The highest BCUT2D eigenvalue weighted by atomic mass is 35.5. The van der Waals surface area contributed by atoms with Crippen molar-refractivity contribution in [3.63, 3.8) is 0 Å². The Bertz CT molecular complexity index is 1350. The lowest BCUT2D eigenvalue weighted by atomic mass is 10.0. The number of benzene rings is 3. The Morgan fingerprint density at radius 2 is 1.64 bits per heavy atom. The largest absolute Gasteiger partial charge is 0.354 e. The first-order valence-corrected chi connectivity index (χ1v) is 14.9. The smallest absolute Gasteiger partial charge is 0.244 e. The van der Waals surface area contributed by atoms with Gasteiger partial charge in [-0.15, -0.1) is 0 Å². The van der Waals surface area contributed by atoms with Crippen LogP contribution in [-0.4, -0.2) is 50.5 Å². The molecular formula is C29H33ClFN3O4S. The van der Waals surface area contributed by atoms with E-state index < -0.39 is 34.3 Å². The van der Waals surface area contributed by atoms with E-state index in [4.69, 9.17) is 11.6 Å². The molecule has 0 spiro atoms. The molecule has 1 atom stereocenters. The summed E-state index contributed by atoms with van der Waals surface area (Å²) in [6, 6.07) is 20.2. The number of nitrogens with zero attached hydrogens (tertiary/aromatic N) is 2. The quantitative estimate of drug-likeness (QED) is 0.298. The van der Waals surface area contributed by atoms with Crippen molar-refractivity contribution >= 4 is 39.1 Å². The van der Waals surface area contributed by atoms with Gasteiger partial charge < -0.3 is 10.2 Å². The topological polar surface area (TPSA) is 86.8 Å². The van der Waals surface area contributed by atoms with Crippen molar-refractivity contribution < 1.29 is 22.4 Å². The molecule has 1 N–H and O–H groups in total. The molecule has 39 heavy (non-hydrogen) atoms. The lowest BCUT2D eigenvalue weighted by Crippen LogP contribution is -2.53. The molecule has 3 aromatic carbocycles. The van der Waals surface area contributed by atoms with Gasteiger partial charge in [-0.1, -0.05) is 67.4 Å². The summed E-state index contributed by atoms with van der Waals surface area (Å²) in [5, 5.41) is 3.39. The molecule has 0 bridgehead atoms. The number of hydrogen-bond donors (Lipinski definition) is 1. The van der Waals surface area contributed by atoms with E-state index in [2.05, 4.69) is 5.32 Å². The zero-order chi connectivity index (χ0) is 28.4. The molecular weight excluding hydrogens is 541 g/mol. The summed E-state index contributed by atoms with van der Waals surface area (Å²) in [6.07, 6.45) is 2.86. The van der Waals surface area contributed by atoms with Crippen molar-refractivity contribution in [3.8, 4) is 0 Å². The molecule has 10 heteroatoms. The number of halogens is 2. The Hall–Kier alpha value is -3.43. The zero-order valence-electron chi connectivity index (χ0n) is 22.0. The van der Waals surface area contributed by atoms with Gasteiger partial charge in [0.25, 0.3) is 0 Å². The van der Waals surface area contributed by atoms with E-state index in [0.717, 1.165) is 41.1 Å². The van der Waals surface area contributed by atoms with E-state index >= 15 is 0 Å². The van der Waals surface area contributed by atoms with Crippen molar-refractivity contribution in [1.29, 1.82) is 0 Å². The van der Waals surface area contributed by atoms with Crippen LogP contribution in [-0.2, 0) is 32.6 Å². The van der Waals surface area contributed by atoms with E-state index in [9.17, 15) is 22.4 Å². The maximum Gasteiger partial charge on any atom is 0.244 e. The van der Waals surface area contributed by atoms with Gasteiger partial charge in [-0.2, -0.15) is 0 Å². The van der Waals surface area contributed by atoms with E-state index in [-0.39, 0.29) is 24.6 Å². The van der Waals surface area contributed by atoms with Gasteiger partial charge in [0.05, 0.1) is 11.9 Å².